The van der Waals surface area contributed by atoms with Crippen LogP contribution in [0.1, 0.15) is 10.4 Å². The Kier molecular flexibility index (Phi) is 5.74. The van der Waals surface area contributed by atoms with E-state index in [4.69, 9.17) is 0 Å². The molecule has 0 saturated heterocycles. The second-order valence-electron chi connectivity index (χ2n) is 7.75. The summed E-state index contributed by atoms with van der Waals surface area (Å²) in [5, 5.41) is 36.1. The number of carbonyl (C=O) groups is 1. The topological polar surface area (TPSA) is 139 Å². The maximum atomic E-state index is 13.8. The van der Waals surface area contributed by atoms with E-state index in [9.17, 15) is 30.1 Å². The molecular formula is C25H16N4O6S. The Balaban J connectivity index is 1.65. The first-order valence-electron chi connectivity index (χ1n) is 10.6. The molecule has 36 heavy (non-hydrogen) atoms. The van der Waals surface area contributed by atoms with Gasteiger partial charge in [-0.2, -0.15) is 0 Å². The number of aromatic hydroxyl groups is 1. The third-order valence-corrected chi connectivity index (χ3v) is 6.64. The number of phenols is 1. The van der Waals surface area contributed by atoms with E-state index in [1.54, 1.807) is 24.3 Å². The van der Waals surface area contributed by atoms with Gasteiger partial charge >= 0.3 is 11.4 Å². The lowest BCUT2D eigenvalue weighted by Gasteiger charge is -2.31. The number of nitro groups is 2. The number of para-hydroxylation sites is 2. The minimum absolute atomic E-state index is 0.0363. The van der Waals surface area contributed by atoms with Crippen molar-refractivity contribution in [2.75, 3.05) is 10.2 Å². The van der Waals surface area contributed by atoms with Crippen LogP contribution in [0, 0.1) is 20.2 Å². The number of phenolic OH excluding ortho intramolecular Hbond substituents is 1. The standard InChI is InChI=1S/C25H16N4O6S/c30-17-11-9-16(10-12-17)26-24-20(28(32)33)13-15(14-21(24)29(34)35)25(31)27-18-5-1-3-7-22(18)36-23-8-4-2-6-19(23)27/h1-14,26,30H. The van der Waals surface area contributed by atoms with Gasteiger partial charge in [-0.15, -0.1) is 0 Å². The van der Waals surface area contributed by atoms with E-state index in [2.05, 4.69) is 5.32 Å². The summed E-state index contributed by atoms with van der Waals surface area (Å²) in [5.41, 5.74) is -0.412. The van der Waals surface area contributed by atoms with Crippen LogP contribution in [0.25, 0.3) is 0 Å². The zero-order chi connectivity index (χ0) is 25.4. The van der Waals surface area contributed by atoms with Crippen molar-refractivity contribution >= 4 is 51.8 Å². The van der Waals surface area contributed by atoms with E-state index < -0.39 is 27.1 Å². The van der Waals surface area contributed by atoms with Gasteiger partial charge in [0, 0.05) is 27.6 Å². The number of nitro benzene ring substituents is 2. The van der Waals surface area contributed by atoms with Crippen LogP contribution in [0.3, 0.4) is 0 Å². The second-order valence-corrected chi connectivity index (χ2v) is 8.84. The minimum atomic E-state index is -0.777. The van der Waals surface area contributed by atoms with Gasteiger partial charge in [-0.3, -0.25) is 29.9 Å². The van der Waals surface area contributed by atoms with Gasteiger partial charge in [0.1, 0.15) is 5.75 Å². The second kappa shape index (κ2) is 9.04. The highest BCUT2D eigenvalue weighted by Gasteiger charge is 2.33. The number of nitrogens with zero attached hydrogens (tertiary/aromatic N) is 3. The Hall–Kier alpha value is -4.90. The van der Waals surface area contributed by atoms with Crippen LogP contribution in [-0.2, 0) is 0 Å². The summed E-state index contributed by atoms with van der Waals surface area (Å²) in [7, 11) is 0. The molecule has 2 N–H and O–H groups in total. The zero-order valence-corrected chi connectivity index (χ0v) is 19.1. The Morgan fingerprint density at radius 3 is 1.81 bits per heavy atom. The molecule has 0 aliphatic carbocycles. The van der Waals surface area contributed by atoms with Gasteiger partial charge < -0.3 is 10.4 Å². The lowest BCUT2D eigenvalue weighted by Crippen LogP contribution is -2.28. The van der Waals surface area contributed by atoms with Crippen molar-refractivity contribution < 1.29 is 19.7 Å². The lowest BCUT2D eigenvalue weighted by molar-refractivity contribution is -0.392. The van der Waals surface area contributed by atoms with E-state index in [1.165, 1.54) is 40.9 Å². The van der Waals surface area contributed by atoms with Crippen molar-refractivity contribution in [2.45, 2.75) is 9.79 Å². The van der Waals surface area contributed by atoms with Crippen LogP contribution in [0.15, 0.2) is 94.7 Å². The highest BCUT2D eigenvalue weighted by Crippen LogP contribution is 2.49. The monoisotopic (exact) mass is 500 g/mol. The Labute approximate surface area is 208 Å². The first kappa shape index (κ1) is 22.9. The van der Waals surface area contributed by atoms with Crippen molar-refractivity contribution in [1.29, 1.82) is 0 Å². The van der Waals surface area contributed by atoms with E-state index in [-0.39, 0.29) is 22.7 Å². The van der Waals surface area contributed by atoms with Crippen LogP contribution < -0.4 is 10.2 Å². The highest BCUT2D eigenvalue weighted by atomic mass is 32.2. The van der Waals surface area contributed by atoms with E-state index in [0.29, 0.717) is 11.4 Å². The number of hydrogen-bond donors (Lipinski definition) is 2. The summed E-state index contributed by atoms with van der Waals surface area (Å²) in [6.07, 6.45) is 0. The number of nitrogens with one attached hydrogen (secondary N) is 1. The molecule has 178 valence electrons. The van der Waals surface area contributed by atoms with Crippen molar-refractivity contribution in [3.05, 3.63) is 111 Å². The molecule has 1 heterocycles. The van der Waals surface area contributed by atoms with Gasteiger partial charge in [0.05, 0.1) is 26.8 Å². The molecule has 1 aliphatic heterocycles. The maximum Gasteiger partial charge on any atom is 0.300 e. The van der Waals surface area contributed by atoms with Gasteiger partial charge in [0.2, 0.25) is 0 Å². The van der Waals surface area contributed by atoms with E-state index >= 15 is 0 Å². The first-order chi connectivity index (χ1) is 17.3. The predicted octanol–water partition coefficient (Wildman–Crippen LogP) is 6.40. The minimum Gasteiger partial charge on any atom is -0.508 e. The number of hydrogen-bond acceptors (Lipinski definition) is 8. The molecule has 4 aromatic rings. The van der Waals surface area contributed by atoms with Crippen LogP contribution in [0.2, 0.25) is 0 Å². The van der Waals surface area contributed by atoms with Crippen molar-refractivity contribution in [1.82, 2.24) is 0 Å². The molecule has 0 saturated carbocycles. The predicted molar refractivity (Wildman–Crippen MR) is 135 cm³/mol. The average Bonchev–Trinajstić information content (AvgIpc) is 2.87. The van der Waals surface area contributed by atoms with Crippen LogP contribution >= 0.6 is 11.8 Å². The number of rotatable bonds is 5. The molecule has 0 radical (unpaired) electrons. The Bertz CT molecular complexity index is 1460. The van der Waals surface area contributed by atoms with E-state index in [1.807, 2.05) is 24.3 Å². The van der Waals surface area contributed by atoms with Crippen molar-refractivity contribution in [2.24, 2.45) is 0 Å². The summed E-state index contributed by atoms with van der Waals surface area (Å²) in [4.78, 5) is 39.2. The third kappa shape index (κ3) is 4.07. The average molecular weight is 500 g/mol. The molecule has 5 rings (SSSR count). The lowest BCUT2D eigenvalue weighted by atomic mass is 10.1. The van der Waals surface area contributed by atoms with Crippen LogP contribution in [0.5, 0.6) is 5.75 Å². The normalized spacial score (nSPS) is 11.8. The van der Waals surface area contributed by atoms with Crippen molar-refractivity contribution in [3.8, 4) is 5.75 Å². The SMILES string of the molecule is O=C(c1cc([N+](=O)[O-])c(Nc2ccc(O)cc2)c([N+](=O)[O-])c1)N1c2ccccc2Sc2ccccc21. The molecular weight excluding hydrogens is 484 g/mol. The van der Waals surface area contributed by atoms with E-state index in [0.717, 1.165) is 21.9 Å². The fourth-order valence-corrected chi connectivity index (χ4v) is 4.95. The number of fused-ring (bicyclic) bond motifs is 2. The number of carbonyl (C=O) groups excluding carboxylic acids is 1. The first-order valence-corrected chi connectivity index (χ1v) is 11.4. The fraction of sp³-hybridized carbons (Fsp3) is 0. The van der Waals surface area contributed by atoms with Gasteiger partial charge in [-0.25, -0.2) is 0 Å². The number of amides is 1. The molecule has 10 nitrogen and oxygen atoms in total. The summed E-state index contributed by atoms with van der Waals surface area (Å²) >= 11 is 1.48. The van der Waals surface area contributed by atoms with Crippen molar-refractivity contribution in [3.63, 3.8) is 0 Å². The smallest absolute Gasteiger partial charge is 0.300 e. The number of anilines is 4. The van der Waals surface area contributed by atoms with Gasteiger partial charge in [-0.1, -0.05) is 36.0 Å². The van der Waals surface area contributed by atoms with Crippen LogP contribution in [0.4, 0.5) is 34.1 Å². The Morgan fingerprint density at radius 1 is 0.806 bits per heavy atom. The molecule has 0 unspecified atom stereocenters. The summed E-state index contributed by atoms with van der Waals surface area (Å²) < 4.78 is 0. The van der Waals surface area contributed by atoms with Gasteiger partial charge in [-0.05, 0) is 48.5 Å². The van der Waals surface area contributed by atoms with Gasteiger partial charge in [0.15, 0.2) is 5.69 Å². The maximum absolute atomic E-state index is 13.8. The third-order valence-electron chi connectivity index (χ3n) is 5.51. The quantitative estimate of drug-likeness (QED) is 0.182. The summed E-state index contributed by atoms with van der Waals surface area (Å²) in [5.74, 6) is -0.677. The van der Waals surface area contributed by atoms with Gasteiger partial charge in [0.25, 0.3) is 5.91 Å². The molecule has 1 aliphatic rings. The number of benzene rings is 4. The summed E-state index contributed by atoms with van der Waals surface area (Å²) in [6, 6.07) is 22.0. The largest absolute Gasteiger partial charge is 0.508 e. The Morgan fingerprint density at radius 2 is 1.31 bits per heavy atom. The highest BCUT2D eigenvalue weighted by molar-refractivity contribution is 7.99. The zero-order valence-electron chi connectivity index (χ0n) is 18.3. The molecule has 0 atom stereocenters. The molecule has 1 amide bonds. The molecule has 0 aromatic heterocycles. The molecule has 4 aromatic carbocycles. The molecule has 0 bridgehead atoms. The molecule has 0 fully saturated rings. The molecule has 11 heteroatoms. The summed E-state index contributed by atoms with van der Waals surface area (Å²) in [6.45, 7) is 0. The fourth-order valence-electron chi connectivity index (χ4n) is 3.89. The van der Waals surface area contributed by atoms with Crippen LogP contribution in [-0.4, -0.2) is 20.9 Å². The molecule has 0 spiro atoms.